The van der Waals surface area contributed by atoms with E-state index in [0.717, 1.165) is 32.1 Å². The van der Waals surface area contributed by atoms with E-state index in [-0.39, 0.29) is 0 Å². The molecule has 1 aromatic heterocycles. The van der Waals surface area contributed by atoms with Gasteiger partial charge in [-0.2, -0.15) is 11.8 Å². The van der Waals surface area contributed by atoms with Crippen LogP contribution < -0.4 is 5.32 Å². The van der Waals surface area contributed by atoms with Crippen LogP contribution in [-0.4, -0.2) is 40.8 Å². The summed E-state index contributed by atoms with van der Waals surface area (Å²) in [5, 5.41) is 3.39. The maximum atomic E-state index is 5.31. The van der Waals surface area contributed by atoms with Gasteiger partial charge in [-0.1, -0.05) is 0 Å². The molecule has 0 saturated carbocycles. The van der Waals surface area contributed by atoms with E-state index in [1.165, 1.54) is 17.9 Å². The lowest BCUT2D eigenvalue weighted by atomic mass is 10.2. The average Bonchev–Trinajstić information content (AvgIpc) is 2.98. The lowest BCUT2D eigenvalue weighted by Crippen LogP contribution is -2.14. The molecule has 2 rings (SSSR count). The van der Waals surface area contributed by atoms with Crippen molar-refractivity contribution in [2.75, 3.05) is 36.6 Å². The zero-order valence-electron chi connectivity index (χ0n) is 10.4. The highest BCUT2D eigenvalue weighted by Gasteiger charge is 2.19. The summed E-state index contributed by atoms with van der Waals surface area (Å²) in [5.41, 5.74) is 0. The van der Waals surface area contributed by atoms with Crippen LogP contribution in [0.15, 0.2) is 12.4 Å². The summed E-state index contributed by atoms with van der Waals surface area (Å²) in [7, 11) is 0. The third kappa shape index (κ3) is 3.64. The largest absolute Gasteiger partial charge is 0.382 e. The lowest BCUT2D eigenvalue weighted by Gasteiger charge is -2.15. The van der Waals surface area contributed by atoms with Crippen LogP contribution in [0.2, 0.25) is 0 Å². The van der Waals surface area contributed by atoms with E-state index in [9.17, 15) is 0 Å². The fourth-order valence-corrected chi connectivity index (χ4v) is 3.21. The Balaban J connectivity index is 1.78. The third-order valence-corrected chi connectivity index (χ3v) is 4.07. The van der Waals surface area contributed by atoms with Crippen LogP contribution in [0.3, 0.4) is 0 Å². The Kier molecular flexibility index (Phi) is 5.19. The van der Waals surface area contributed by atoms with Gasteiger partial charge in [0.15, 0.2) is 0 Å². The van der Waals surface area contributed by atoms with Crippen molar-refractivity contribution in [2.24, 2.45) is 0 Å². The van der Waals surface area contributed by atoms with Crippen molar-refractivity contribution in [3.8, 4) is 0 Å². The highest BCUT2D eigenvalue weighted by atomic mass is 32.2. The second-order valence-corrected chi connectivity index (χ2v) is 5.30. The van der Waals surface area contributed by atoms with Crippen LogP contribution in [0.1, 0.15) is 25.8 Å². The van der Waals surface area contributed by atoms with Gasteiger partial charge in [-0.25, -0.2) is 4.98 Å². The average molecular weight is 255 g/mol. The lowest BCUT2D eigenvalue weighted by molar-refractivity contribution is 0.147. The van der Waals surface area contributed by atoms with Crippen molar-refractivity contribution in [2.45, 2.75) is 25.8 Å². The Morgan fingerprint density at radius 3 is 3.35 bits per heavy atom. The molecule has 1 aliphatic heterocycles. The first kappa shape index (κ1) is 12.8. The number of hydrogen-bond donors (Lipinski definition) is 1. The van der Waals surface area contributed by atoms with Crippen molar-refractivity contribution < 1.29 is 4.74 Å². The Morgan fingerprint density at radius 1 is 1.65 bits per heavy atom. The van der Waals surface area contributed by atoms with Crippen molar-refractivity contribution in [1.29, 1.82) is 0 Å². The van der Waals surface area contributed by atoms with Gasteiger partial charge in [0.2, 0.25) is 5.95 Å². The molecule has 17 heavy (non-hydrogen) atoms. The maximum absolute atomic E-state index is 5.31. The second-order valence-electron chi connectivity index (χ2n) is 4.15. The van der Waals surface area contributed by atoms with Gasteiger partial charge in [-0.3, -0.25) is 0 Å². The van der Waals surface area contributed by atoms with E-state index in [0.29, 0.717) is 6.04 Å². The molecule has 0 bridgehead atoms. The Hall–Kier alpha value is -0.680. The molecule has 5 heteroatoms. The van der Waals surface area contributed by atoms with Crippen molar-refractivity contribution >= 4 is 17.7 Å². The number of aromatic nitrogens is 2. The number of anilines is 1. The molecule has 4 nitrogen and oxygen atoms in total. The summed E-state index contributed by atoms with van der Waals surface area (Å²) < 4.78 is 7.59. The summed E-state index contributed by atoms with van der Waals surface area (Å²) in [5.74, 6) is 3.49. The van der Waals surface area contributed by atoms with E-state index in [4.69, 9.17) is 4.74 Å². The van der Waals surface area contributed by atoms with Crippen molar-refractivity contribution in [3.63, 3.8) is 0 Å². The molecule has 0 radical (unpaired) electrons. The number of hydrogen-bond acceptors (Lipinski definition) is 4. The van der Waals surface area contributed by atoms with Crippen LogP contribution in [0.4, 0.5) is 5.95 Å². The Morgan fingerprint density at radius 2 is 2.59 bits per heavy atom. The van der Waals surface area contributed by atoms with Crippen LogP contribution in [0.5, 0.6) is 0 Å². The minimum atomic E-state index is 0.622. The highest BCUT2D eigenvalue weighted by Crippen LogP contribution is 2.29. The van der Waals surface area contributed by atoms with Gasteiger partial charge in [0.05, 0.1) is 0 Å². The van der Waals surface area contributed by atoms with Gasteiger partial charge in [-0.15, -0.1) is 0 Å². The molecular weight excluding hydrogens is 234 g/mol. The molecule has 0 spiro atoms. The van der Waals surface area contributed by atoms with Crippen LogP contribution >= 0.6 is 11.8 Å². The molecule has 0 aliphatic carbocycles. The number of thioether (sulfide) groups is 1. The molecule has 0 amide bonds. The summed E-state index contributed by atoms with van der Waals surface area (Å²) in [6, 6.07) is 0.622. The van der Waals surface area contributed by atoms with Gasteiger partial charge in [0, 0.05) is 43.9 Å². The van der Waals surface area contributed by atoms with E-state index in [1.54, 1.807) is 0 Å². The first-order chi connectivity index (χ1) is 8.42. The molecule has 1 aromatic rings. The topological polar surface area (TPSA) is 39.1 Å². The predicted octanol–water partition coefficient (Wildman–Crippen LogP) is 2.40. The number of ether oxygens (including phenoxy) is 1. The van der Waals surface area contributed by atoms with E-state index >= 15 is 0 Å². The quantitative estimate of drug-likeness (QED) is 0.759. The summed E-state index contributed by atoms with van der Waals surface area (Å²) >= 11 is 2.03. The summed E-state index contributed by atoms with van der Waals surface area (Å²) in [6.45, 7) is 4.58. The molecule has 1 aliphatic rings. The molecule has 1 unspecified atom stereocenters. The normalized spacial score (nSPS) is 19.7. The number of imidazole rings is 1. The van der Waals surface area contributed by atoms with Crippen LogP contribution in [-0.2, 0) is 4.74 Å². The zero-order valence-corrected chi connectivity index (χ0v) is 11.2. The monoisotopic (exact) mass is 255 g/mol. The first-order valence-electron chi connectivity index (χ1n) is 6.34. The first-order valence-corrected chi connectivity index (χ1v) is 7.49. The van der Waals surface area contributed by atoms with Crippen LogP contribution in [0, 0.1) is 0 Å². The summed E-state index contributed by atoms with van der Waals surface area (Å²) in [4.78, 5) is 4.38. The molecule has 1 fully saturated rings. The number of nitrogens with one attached hydrogen (secondary N) is 1. The highest BCUT2D eigenvalue weighted by molar-refractivity contribution is 7.99. The number of rotatable bonds is 7. The number of nitrogens with zero attached hydrogens (tertiary/aromatic N) is 2. The molecule has 1 N–H and O–H groups in total. The fourth-order valence-electron chi connectivity index (χ4n) is 2.00. The van der Waals surface area contributed by atoms with E-state index < -0.39 is 0 Å². The SMILES string of the molecule is CCOCCCNc1nccn1C1CCSC1. The minimum Gasteiger partial charge on any atom is -0.382 e. The Bertz CT molecular complexity index is 323. The molecule has 96 valence electrons. The third-order valence-electron chi connectivity index (χ3n) is 2.92. The fraction of sp³-hybridized carbons (Fsp3) is 0.750. The van der Waals surface area contributed by atoms with E-state index in [2.05, 4.69) is 21.1 Å². The van der Waals surface area contributed by atoms with Crippen molar-refractivity contribution in [1.82, 2.24) is 9.55 Å². The molecule has 2 heterocycles. The van der Waals surface area contributed by atoms with Crippen LogP contribution in [0.25, 0.3) is 0 Å². The zero-order chi connectivity index (χ0) is 11.9. The minimum absolute atomic E-state index is 0.622. The molecule has 1 saturated heterocycles. The van der Waals surface area contributed by atoms with Gasteiger partial charge >= 0.3 is 0 Å². The second kappa shape index (κ2) is 6.91. The Labute approximate surface area is 107 Å². The van der Waals surface area contributed by atoms with Crippen molar-refractivity contribution in [3.05, 3.63) is 12.4 Å². The molecular formula is C12H21N3OS. The predicted molar refractivity (Wildman–Crippen MR) is 72.8 cm³/mol. The maximum Gasteiger partial charge on any atom is 0.203 e. The van der Waals surface area contributed by atoms with Gasteiger partial charge < -0.3 is 14.6 Å². The van der Waals surface area contributed by atoms with E-state index in [1.807, 2.05) is 24.9 Å². The van der Waals surface area contributed by atoms with Gasteiger partial charge in [0.1, 0.15) is 0 Å². The smallest absolute Gasteiger partial charge is 0.203 e. The van der Waals surface area contributed by atoms with Gasteiger partial charge in [0.25, 0.3) is 0 Å². The summed E-state index contributed by atoms with van der Waals surface area (Å²) in [6.07, 6.45) is 6.25. The van der Waals surface area contributed by atoms with Gasteiger partial charge in [-0.05, 0) is 25.5 Å². The standard InChI is InChI=1S/C12H21N3OS/c1-2-16-8-3-5-13-12-14-6-7-15(12)11-4-9-17-10-11/h6-7,11H,2-5,8-10H2,1H3,(H,13,14). The molecule has 0 aromatic carbocycles. The molecule has 1 atom stereocenters.